The molecule has 19 heavy (non-hydrogen) atoms. The summed E-state index contributed by atoms with van der Waals surface area (Å²) >= 11 is 0. The highest BCUT2D eigenvalue weighted by molar-refractivity contribution is 5.83. The monoisotopic (exact) mass is 262 g/mol. The summed E-state index contributed by atoms with van der Waals surface area (Å²) in [6, 6.07) is 9.64. The van der Waals surface area contributed by atoms with Gasteiger partial charge in [-0.25, -0.2) is 0 Å². The van der Waals surface area contributed by atoms with E-state index in [-0.39, 0.29) is 11.3 Å². The van der Waals surface area contributed by atoms with Crippen LogP contribution in [-0.2, 0) is 4.79 Å². The number of ether oxygens (including phenoxy) is 1. The first-order valence-electron chi connectivity index (χ1n) is 6.81. The first-order valence-corrected chi connectivity index (χ1v) is 6.81. The molecule has 104 valence electrons. The predicted molar refractivity (Wildman–Crippen MR) is 74.9 cm³/mol. The van der Waals surface area contributed by atoms with Crippen LogP contribution in [0.2, 0.25) is 0 Å². The Morgan fingerprint density at radius 1 is 1.37 bits per heavy atom. The summed E-state index contributed by atoms with van der Waals surface area (Å²) in [6.07, 6.45) is 2.95. The summed E-state index contributed by atoms with van der Waals surface area (Å²) in [5, 5.41) is 0. The predicted octanol–water partition coefficient (Wildman–Crippen LogP) is 1.65. The first kappa shape index (κ1) is 13.9. The summed E-state index contributed by atoms with van der Waals surface area (Å²) in [5.74, 6) is 0.999. The molecule has 2 rings (SSSR count). The molecule has 1 aromatic rings. The molecule has 4 heteroatoms. The number of rotatable bonds is 6. The third-order valence-corrected chi connectivity index (χ3v) is 3.94. The third-order valence-electron chi connectivity index (χ3n) is 3.94. The molecule has 2 N–H and O–H groups in total. The van der Waals surface area contributed by atoms with Crippen LogP contribution >= 0.6 is 0 Å². The van der Waals surface area contributed by atoms with Crippen molar-refractivity contribution in [1.82, 2.24) is 4.90 Å². The van der Waals surface area contributed by atoms with Crippen molar-refractivity contribution in [3.8, 4) is 5.75 Å². The molecule has 0 saturated heterocycles. The Morgan fingerprint density at radius 2 is 2.05 bits per heavy atom. The van der Waals surface area contributed by atoms with Crippen LogP contribution in [0.4, 0.5) is 0 Å². The van der Waals surface area contributed by atoms with Crippen LogP contribution in [0, 0.1) is 5.41 Å². The Labute approximate surface area is 114 Å². The van der Waals surface area contributed by atoms with Crippen molar-refractivity contribution in [2.45, 2.75) is 19.3 Å². The molecule has 1 amide bonds. The van der Waals surface area contributed by atoms with Crippen molar-refractivity contribution in [3.05, 3.63) is 30.3 Å². The van der Waals surface area contributed by atoms with Gasteiger partial charge in [-0.3, -0.25) is 4.79 Å². The van der Waals surface area contributed by atoms with Crippen molar-refractivity contribution in [1.29, 1.82) is 0 Å². The van der Waals surface area contributed by atoms with Crippen molar-refractivity contribution in [2.75, 3.05) is 26.7 Å². The highest BCUT2D eigenvalue weighted by Crippen LogP contribution is 2.41. The SMILES string of the molecule is CN(CCOc1ccccc1)C(=O)C1(CN)CCC1. The molecule has 0 bridgehead atoms. The summed E-state index contributed by atoms with van der Waals surface area (Å²) < 4.78 is 5.60. The fourth-order valence-electron chi connectivity index (χ4n) is 2.43. The number of benzene rings is 1. The molecule has 1 saturated carbocycles. The van der Waals surface area contributed by atoms with Crippen LogP contribution in [-0.4, -0.2) is 37.6 Å². The van der Waals surface area contributed by atoms with Gasteiger partial charge in [0, 0.05) is 13.6 Å². The Balaban J connectivity index is 1.78. The Kier molecular flexibility index (Phi) is 4.43. The van der Waals surface area contributed by atoms with Gasteiger partial charge in [0.1, 0.15) is 12.4 Å². The molecule has 4 nitrogen and oxygen atoms in total. The number of carbonyl (C=O) groups excluding carboxylic acids is 1. The number of nitrogens with two attached hydrogens (primary N) is 1. The van der Waals surface area contributed by atoms with E-state index in [0.29, 0.717) is 19.7 Å². The zero-order valence-electron chi connectivity index (χ0n) is 11.5. The third kappa shape index (κ3) is 3.07. The van der Waals surface area contributed by atoms with Gasteiger partial charge < -0.3 is 15.4 Å². The summed E-state index contributed by atoms with van der Waals surface area (Å²) in [4.78, 5) is 14.1. The molecule has 0 unspecified atom stereocenters. The lowest BCUT2D eigenvalue weighted by molar-refractivity contribution is -0.145. The molecule has 0 heterocycles. The number of amides is 1. The topological polar surface area (TPSA) is 55.6 Å². The Hall–Kier alpha value is -1.55. The number of hydrogen-bond donors (Lipinski definition) is 1. The van der Waals surface area contributed by atoms with Gasteiger partial charge in [-0.2, -0.15) is 0 Å². The number of para-hydroxylation sites is 1. The van der Waals surface area contributed by atoms with Crippen LogP contribution in [0.15, 0.2) is 30.3 Å². The fraction of sp³-hybridized carbons (Fsp3) is 0.533. The van der Waals surface area contributed by atoms with Gasteiger partial charge in [-0.05, 0) is 25.0 Å². The van der Waals surface area contributed by atoms with Gasteiger partial charge in [-0.1, -0.05) is 24.6 Å². The second-order valence-electron chi connectivity index (χ2n) is 5.23. The lowest BCUT2D eigenvalue weighted by Crippen LogP contribution is -2.51. The van der Waals surface area contributed by atoms with E-state index in [1.807, 2.05) is 37.4 Å². The van der Waals surface area contributed by atoms with Gasteiger partial charge in [0.2, 0.25) is 5.91 Å². The highest BCUT2D eigenvalue weighted by atomic mass is 16.5. The normalized spacial score (nSPS) is 16.5. The lowest BCUT2D eigenvalue weighted by Gasteiger charge is -2.41. The maximum absolute atomic E-state index is 12.3. The highest BCUT2D eigenvalue weighted by Gasteiger charge is 2.44. The minimum absolute atomic E-state index is 0.165. The average molecular weight is 262 g/mol. The van der Waals surface area contributed by atoms with E-state index < -0.39 is 0 Å². The van der Waals surface area contributed by atoms with E-state index in [0.717, 1.165) is 25.0 Å². The van der Waals surface area contributed by atoms with Crippen molar-refractivity contribution >= 4 is 5.91 Å². The number of likely N-dealkylation sites (N-methyl/N-ethyl adjacent to an activating group) is 1. The van der Waals surface area contributed by atoms with Gasteiger partial charge >= 0.3 is 0 Å². The van der Waals surface area contributed by atoms with Crippen LogP contribution in [0.3, 0.4) is 0 Å². The first-order chi connectivity index (χ1) is 9.18. The molecular formula is C15H22N2O2. The van der Waals surface area contributed by atoms with Crippen molar-refractivity contribution in [3.63, 3.8) is 0 Å². The molecule has 0 atom stereocenters. The smallest absolute Gasteiger partial charge is 0.229 e. The minimum Gasteiger partial charge on any atom is -0.492 e. The van der Waals surface area contributed by atoms with Crippen molar-refractivity contribution in [2.24, 2.45) is 11.1 Å². The van der Waals surface area contributed by atoms with Crippen molar-refractivity contribution < 1.29 is 9.53 Å². The number of nitrogens with zero attached hydrogens (tertiary/aromatic N) is 1. The molecule has 0 radical (unpaired) electrons. The van der Waals surface area contributed by atoms with Gasteiger partial charge in [0.25, 0.3) is 0 Å². The molecule has 1 fully saturated rings. The fourth-order valence-corrected chi connectivity index (χ4v) is 2.43. The largest absolute Gasteiger partial charge is 0.492 e. The standard InChI is InChI=1S/C15H22N2O2/c1-17(14(18)15(12-16)8-5-9-15)10-11-19-13-6-3-2-4-7-13/h2-4,6-7H,5,8-12,16H2,1H3. The molecule has 0 aromatic heterocycles. The van der Waals surface area contributed by atoms with E-state index in [2.05, 4.69) is 0 Å². The molecular weight excluding hydrogens is 240 g/mol. The average Bonchev–Trinajstić information content (AvgIpc) is 2.39. The summed E-state index contributed by atoms with van der Waals surface area (Å²) in [6.45, 7) is 1.55. The molecule has 1 aliphatic rings. The zero-order valence-corrected chi connectivity index (χ0v) is 11.5. The van der Waals surface area contributed by atoms with Crippen LogP contribution in [0.5, 0.6) is 5.75 Å². The molecule has 1 aromatic carbocycles. The summed E-state index contributed by atoms with van der Waals surface area (Å²) in [7, 11) is 1.83. The number of hydrogen-bond acceptors (Lipinski definition) is 3. The Bertz CT molecular complexity index is 410. The van der Waals surface area contributed by atoms with E-state index in [9.17, 15) is 4.79 Å². The van der Waals surface area contributed by atoms with Gasteiger partial charge in [0.15, 0.2) is 0 Å². The number of carbonyl (C=O) groups is 1. The van der Waals surface area contributed by atoms with E-state index >= 15 is 0 Å². The van der Waals surface area contributed by atoms with E-state index in [1.165, 1.54) is 0 Å². The lowest BCUT2D eigenvalue weighted by atomic mass is 9.68. The second-order valence-corrected chi connectivity index (χ2v) is 5.23. The van der Waals surface area contributed by atoms with Crippen LogP contribution in [0.1, 0.15) is 19.3 Å². The quantitative estimate of drug-likeness (QED) is 0.848. The Morgan fingerprint density at radius 3 is 2.58 bits per heavy atom. The van der Waals surface area contributed by atoms with E-state index in [4.69, 9.17) is 10.5 Å². The van der Waals surface area contributed by atoms with Crippen LogP contribution in [0.25, 0.3) is 0 Å². The maximum atomic E-state index is 12.3. The summed E-state index contributed by atoms with van der Waals surface area (Å²) in [5.41, 5.74) is 5.46. The molecule has 1 aliphatic carbocycles. The molecule has 0 aliphatic heterocycles. The van der Waals surface area contributed by atoms with E-state index in [1.54, 1.807) is 4.90 Å². The zero-order chi connectivity index (χ0) is 13.7. The minimum atomic E-state index is -0.290. The molecule has 0 spiro atoms. The maximum Gasteiger partial charge on any atom is 0.229 e. The van der Waals surface area contributed by atoms with Gasteiger partial charge in [-0.15, -0.1) is 0 Å². The van der Waals surface area contributed by atoms with Gasteiger partial charge in [0.05, 0.1) is 12.0 Å². The van der Waals surface area contributed by atoms with Crippen LogP contribution < -0.4 is 10.5 Å². The second kappa shape index (κ2) is 6.06.